The number of aryl methyl sites for hydroxylation is 2. The van der Waals surface area contributed by atoms with Crippen LogP contribution >= 0.6 is 15.9 Å². The van der Waals surface area contributed by atoms with Gasteiger partial charge in [-0.3, -0.25) is 4.68 Å². The van der Waals surface area contributed by atoms with Gasteiger partial charge in [0, 0.05) is 26.0 Å². The van der Waals surface area contributed by atoms with E-state index in [1.54, 1.807) is 0 Å². The summed E-state index contributed by atoms with van der Waals surface area (Å²) in [4.78, 5) is 0. The van der Waals surface area contributed by atoms with Gasteiger partial charge >= 0.3 is 0 Å². The van der Waals surface area contributed by atoms with Crippen molar-refractivity contribution < 1.29 is 9.84 Å². The molecule has 4 nitrogen and oxygen atoms in total. The minimum absolute atomic E-state index is 0.424. The van der Waals surface area contributed by atoms with E-state index in [9.17, 15) is 5.11 Å². The first-order chi connectivity index (χ1) is 7.56. The van der Waals surface area contributed by atoms with E-state index in [1.807, 2.05) is 11.6 Å². The SMILES string of the molecule is CCn1nc(C)c(Br)c1CC1(O)CCOC1. The van der Waals surface area contributed by atoms with Gasteiger partial charge in [-0.2, -0.15) is 5.10 Å². The van der Waals surface area contributed by atoms with Crippen molar-refractivity contribution in [1.29, 1.82) is 0 Å². The molecule has 1 aliphatic rings. The van der Waals surface area contributed by atoms with Crippen LogP contribution in [-0.2, 0) is 17.7 Å². The van der Waals surface area contributed by atoms with Crippen LogP contribution in [-0.4, -0.2) is 33.7 Å². The van der Waals surface area contributed by atoms with Crippen molar-refractivity contribution in [2.24, 2.45) is 0 Å². The molecule has 2 heterocycles. The molecule has 1 unspecified atom stereocenters. The number of hydrogen-bond acceptors (Lipinski definition) is 3. The molecule has 0 saturated carbocycles. The van der Waals surface area contributed by atoms with Crippen molar-refractivity contribution in [3.8, 4) is 0 Å². The largest absolute Gasteiger partial charge is 0.387 e. The van der Waals surface area contributed by atoms with Crippen molar-refractivity contribution in [2.45, 2.75) is 38.8 Å². The molecule has 0 aliphatic carbocycles. The van der Waals surface area contributed by atoms with Gasteiger partial charge in [-0.05, 0) is 29.8 Å². The van der Waals surface area contributed by atoms with E-state index >= 15 is 0 Å². The fraction of sp³-hybridized carbons (Fsp3) is 0.727. The van der Waals surface area contributed by atoms with E-state index in [2.05, 4.69) is 28.0 Å². The Labute approximate surface area is 104 Å². The summed E-state index contributed by atoms with van der Waals surface area (Å²) in [7, 11) is 0. The standard InChI is InChI=1S/C11H17BrN2O2/c1-3-14-9(10(12)8(2)13-14)6-11(15)4-5-16-7-11/h15H,3-7H2,1-2H3. The van der Waals surface area contributed by atoms with Gasteiger partial charge in [0.15, 0.2) is 0 Å². The smallest absolute Gasteiger partial charge is 0.0957 e. The van der Waals surface area contributed by atoms with Crippen molar-refractivity contribution in [3.05, 3.63) is 15.9 Å². The summed E-state index contributed by atoms with van der Waals surface area (Å²) in [5, 5.41) is 14.7. The van der Waals surface area contributed by atoms with E-state index in [0.29, 0.717) is 26.1 Å². The van der Waals surface area contributed by atoms with Crippen LogP contribution < -0.4 is 0 Å². The second kappa shape index (κ2) is 4.47. The first-order valence-electron chi connectivity index (χ1n) is 5.57. The van der Waals surface area contributed by atoms with Gasteiger partial charge < -0.3 is 9.84 Å². The fourth-order valence-corrected chi connectivity index (χ4v) is 2.51. The van der Waals surface area contributed by atoms with Crippen LogP contribution in [0.25, 0.3) is 0 Å². The Morgan fingerprint density at radius 3 is 2.94 bits per heavy atom. The lowest BCUT2D eigenvalue weighted by Gasteiger charge is -2.20. The molecule has 2 rings (SSSR count). The normalized spacial score (nSPS) is 25.2. The zero-order chi connectivity index (χ0) is 11.8. The van der Waals surface area contributed by atoms with Crippen LogP contribution in [0.4, 0.5) is 0 Å². The van der Waals surface area contributed by atoms with Crippen molar-refractivity contribution in [3.63, 3.8) is 0 Å². The maximum absolute atomic E-state index is 10.3. The minimum atomic E-state index is -0.720. The van der Waals surface area contributed by atoms with Crippen molar-refractivity contribution >= 4 is 15.9 Å². The third-order valence-corrected chi connectivity index (χ3v) is 4.06. The molecule has 0 amide bonds. The zero-order valence-corrected chi connectivity index (χ0v) is 11.2. The summed E-state index contributed by atoms with van der Waals surface area (Å²) in [5.41, 5.74) is 1.31. The molecular weight excluding hydrogens is 272 g/mol. The summed E-state index contributed by atoms with van der Waals surface area (Å²) in [6, 6.07) is 0. The molecule has 5 heteroatoms. The third-order valence-electron chi connectivity index (χ3n) is 3.03. The fourth-order valence-electron chi connectivity index (χ4n) is 2.09. The van der Waals surface area contributed by atoms with Gasteiger partial charge in [-0.25, -0.2) is 0 Å². The molecule has 0 bridgehead atoms. The van der Waals surface area contributed by atoms with Gasteiger partial charge in [0.25, 0.3) is 0 Å². The molecule has 0 spiro atoms. The number of aromatic nitrogens is 2. The quantitative estimate of drug-likeness (QED) is 0.920. The van der Waals surface area contributed by atoms with Crippen LogP contribution in [0.1, 0.15) is 24.7 Å². The first-order valence-corrected chi connectivity index (χ1v) is 6.37. The molecule has 1 aliphatic heterocycles. The van der Waals surface area contributed by atoms with Gasteiger partial charge in [-0.15, -0.1) is 0 Å². The minimum Gasteiger partial charge on any atom is -0.387 e. The lowest BCUT2D eigenvalue weighted by atomic mass is 9.97. The highest BCUT2D eigenvalue weighted by Crippen LogP contribution is 2.29. The Morgan fingerprint density at radius 1 is 1.62 bits per heavy atom. The Kier molecular flexibility index (Phi) is 3.37. The maximum Gasteiger partial charge on any atom is 0.0957 e. The zero-order valence-electron chi connectivity index (χ0n) is 9.66. The highest BCUT2D eigenvalue weighted by Gasteiger charge is 2.34. The monoisotopic (exact) mass is 288 g/mol. The molecule has 1 saturated heterocycles. The third kappa shape index (κ3) is 2.17. The lowest BCUT2D eigenvalue weighted by Crippen LogP contribution is -2.32. The summed E-state index contributed by atoms with van der Waals surface area (Å²) >= 11 is 3.54. The highest BCUT2D eigenvalue weighted by atomic mass is 79.9. The maximum atomic E-state index is 10.3. The van der Waals surface area contributed by atoms with E-state index in [0.717, 1.165) is 22.4 Å². The molecule has 16 heavy (non-hydrogen) atoms. The Morgan fingerprint density at radius 2 is 2.38 bits per heavy atom. The number of nitrogens with zero attached hydrogens (tertiary/aromatic N) is 2. The highest BCUT2D eigenvalue weighted by molar-refractivity contribution is 9.10. The molecular formula is C11H17BrN2O2. The molecule has 1 atom stereocenters. The van der Waals surface area contributed by atoms with Gasteiger partial charge in [-0.1, -0.05) is 0 Å². The number of rotatable bonds is 3. The molecule has 0 radical (unpaired) electrons. The van der Waals surface area contributed by atoms with Gasteiger partial charge in [0.2, 0.25) is 0 Å². The summed E-state index contributed by atoms with van der Waals surface area (Å²) in [5.74, 6) is 0. The molecule has 1 aromatic rings. The number of ether oxygens (including phenoxy) is 1. The van der Waals surface area contributed by atoms with E-state index in [4.69, 9.17) is 4.74 Å². The summed E-state index contributed by atoms with van der Waals surface area (Å²) < 4.78 is 8.21. The number of halogens is 1. The van der Waals surface area contributed by atoms with Crippen LogP contribution in [0.15, 0.2) is 4.47 Å². The molecule has 90 valence electrons. The van der Waals surface area contributed by atoms with E-state index < -0.39 is 5.60 Å². The van der Waals surface area contributed by atoms with Crippen molar-refractivity contribution in [2.75, 3.05) is 13.2 Å². The van der Waals surface area contributed by atoms with Gasteiger partial charge in [0.1, 0.15) is 0 Å². The average Bonchev–Trinajstić information content (AvgIpc) is 2.78. The summed E-state index contributed by atoms with van der Waals surface area (Å²) in [6.07, 6.45) is 1.30. The second-order valence-corrected chi connectivity index (χ2v) is 5.16. The molecule has 1 N–H and O–H groups in total. The van der Waals surface area contributed by atoms with Crippen LogP contribution in [0.2, 0.25) is 0 Å². The Bertz CT molecular complexity index is 384. The summed E-state index contributed by atoms with van der Waals surface area (Å²) in [6.45, 7) is 5.91. The number of hydrogen-bond donors (Lipinski definition) is 1. The Balaban J connectivity index is 2.26. The van der Waals surface area contributed by atoms with Crippen LogP contribution in [0.3, 0.4) is 0 Å². The second-order valence-electron chi connectivity index (χ2n) is 4.37. The molecule has 1 aromatic heterocycles. The Hall–Kier alpha value is -0.390. The topological polar surface area (TPSA) is 47.3 Å². The molecule has 1 fully saturated rings. The predicted octanol–water partition coefficient (Wildman–Crippen LogP) is 1.67. The van der Waals surface area contributed by atoms with E-state index in [1.165, 1.54) is 0 Å². The average molecular weight is 289 g/mol. The first kappa shape index (κ1) is 12.1. The lowest BCUT2D eigenvalue weighted by molar-refractivity contribution is 0.0252. The van der Waals surface area contributed by atoms with Crippen LogP contribution in [0, 0.1) is 6.92 Å². The van der Waals surface area contributed by atoms with Gasteiger partial charge in [0.05, 0.1) is 28.1 Å². The van der Waals surface area contributed by atoms with Crippen LogP contribution in [0.5, 0.6) is 0 Å². The number of aliphatic hydroxyl groups is 1. The predicted molar refractivity (Wildman–Crippen MR) is 64.4 cm³/mol. The van der Waals surface area contributed by atoms with Crippen molar-refractivity contribution in [1.82, 2.24) is 9.78 Å². The molecule has 0 aromatic carbocycles. The van der Waals surface area contributed by atoms with E-state index in [-0.39, 0.29) is 0 Å².